The molecule has 0 aromatic heterocycles. The maximum absolute atomic E-state index is 10.1. The highest BCUT2D eigenvalue weighted by Gasteiger charge is 2.27. The molecule has 0 fully saturated rings. The summed E-state index contributed by atoms with van der Waals surface area (Å²) in [6, 6.07) is 1.17. The van der Waals surface area contributed by atoms with Gasteiger partial charge in [-0.05, 0) is 6.42 Å². The molecule has 0 rings (SSSR count). The lowest BCUT2D eigenvalue weighted by atomic mass is 10.5. The van der Waals surface area contributed by atoms with E-state index < -0.39 is 22.3 Å². The van der Waals surface area contributed by atoms with Gasteiger partial charge in [-0.2, -0.15) is 0 Å². The largest absolute Gasteiger partial charge is 0.505 e. The fraction of sp³-hybridized carbons (Fsp3) is 0.900. The van der Waals surface area contributed by atoms with Crippen molar-refractivity contribution in [2.75, 3.05) is 6.61 Å². The van der Waals surface area contributed by atoms with Crippen LogP contribution in [0, 0.1) is 0 Å². The van der Waals surface area contributed by atoms with Gasteiger partial charge in [-0.15, -0.1) is 0 Å². The summed E-state index contributed by atoms with van der Waals surface area (Å²) < 4.78 is 4.52. The zero-order valence-corrected chi connectivity index (χ0v) is 12.6. The number of ether oxygens (including phenoxy) is 1. The van der Waals surface area contributed by atoms with Crippen LogP contribution in [0.2, 0.25) is 44.4 Å². The number of carbonyl (C=O) groups is 1. The van der Waals surface area contributed by atoms with Crippen molar-refractivity contribution >= 4 is 22.3 Å². The molecule has 0 amide bonds. The summed E-state index contributed by atoms with van der Waals surface area (Å²) in [5.74, 6) is 0. The third kappa shape index (κ3) is 10.00. The van der Waals surface area contributed by atoms with E-state index in [0.29, 0.717) is 6.61 Å². The van der Waals surface area contributed by atoms with Gasteiger partial charge in [0.05, 0.1) is 6.61 Å². The Morgan fingerprint density at radius 2 is 1.73 bits per heavy atom. The highest BCUT2D eigenvalue weighted by Crippen LogP contribution is 2.24. The zero-order chi connectivity index (χ0) is 12.1. The molecule has 15 heavy (non-hydrogen) atoms. The lowest BCUT2D eigenvalue weighted by Crippen LogP contribution is -2.37. The monoisotopic (exact) mass is 248 g/mol. The van der Waals surface area contributed by atoms with Gasteiger partial charge in [0, 0.05) is 16.1 Å². The van der Waals surface area contributed by atoms with Gasteiger partial charge in [0.2, 0.25) is 0 Å². The molecule has 0 unspecified atom stereocenters. The van der Waals surface area contributed by atoms with Crippen LogP contribution in [0.4, 0.5) is 4.79 Å². The summed E-state index contributed by atoms with van der Waals surface area (Å²) in [7, 11) is -2.09. The first-order chi connectivity index (χ1) is 6.62. The number of rotatable bonds is 6. The molecular formula is C10H24O3Si2. The third-order valence-corrected chi connectivity index (χ3v) is 12.0. The lowest BCUT2D eigenvalue weighted by molar-refractivity contribution is 0.0917. The molecule has 0 heterocycles. The first kappa shape index (κ1) is 14.7. The van der Waals surface area contributed by atoms with E-state index in [9.17, 15) is 4.79 Å². The van der Waals surface area contributed by atoms with Crippen molar-refractivity contribution in [2.45, 2.75) is 50.9 Å². The number of hydrogen-bond acceptors (Lipinski definition) is 2. The Morgan fingerprint density at radius 1 is 1.20 bits per heavy atom. The van der Waals surface area contributed by atoms with Crippen LogP contribution in [0.25, 0.3) is 0 Å². The summed E-state index contributed by atoms with van der Waals surface area (Å²) in [6.07, 6.45) is -0.268. The smallest absolute Gasteiger partial charge is 0.450 e. The Morgan fingerprint density at radius 3 is 2.13 bits per heavy atom. The summed E-state index contributed by atoms with van der Waals surface area (Å²) >= 11 is 0. The first-order valence-corrected chi connectivity index (χ1v) is 12.6. The average Bonchev–Trinajstić information content (AvgIpc) is 1.93. The van der Waals surface area contributed by atoms with Gasteiger partial charge in [0.1, 0.15) is 0 Å². The van der Waals surface area contributed by atoms with Crippen LogP contribution in [-0.2, 0) is 4.74 Å². The molecule has 0 aliphatic carbocycles. The van der Waals surface area contributed by atoms with E-state index in [1.165, 1.54) is 11.7 Å². The van der Waals surface area contributed by atoms with Crippen molar-refractivity contribution in [3.63, 3.8) is 0 Å². The van der Waals surface area contributed by atoms with Crippen molar-refractivity contribution in [2.24, 2.45) is 0 Å². The van der Waals surface area contributed by atoms with Crippen LogP contribution >= 0.6 is 0 Å². The maximum atomic E-state index is 10.1. The third-order valence-electron chi connectivity index (χ3n) is 2.23. The van der Waals surface area contributed by atoms with Crippen molar-refractivity contribution in [1.82, 2.24) is 0 Å². The summed E-state index contributed by atoms with van der Waals surface area (Å²) in [6.45, 7) is 12.3. The van der Waals surface area contributed by atoms with Gasteiger partial charge in [-0.1, -0.05) is 44.4 Å². The van der Waals surface area contributed by atoms with Gasteiger partial charge >= 0.3 is 6.16 Å². The van der Waals surface area contributed by atoms with E-state index >= 15 is 0 Å². The van der Waals surface area contributed by atoms with Gasteiger partial charge in [-0.3, -0.25) is 0 Å². The van der Waals surface area contributed by atoms with Crippen LogP contribution in [0.15, 0.2) is 0 Å². The molecule has 0 aromatic rings. The number of hydrogen-bond donors (Lipinski definition) is 1. The number of carboxylic acid groups (broad SMARTS) is 1. The van der Waals surface area contributed by atoms with E-state index in [-0.39, 0.29) is 0 Å². The molecule has 3 nitrogen and oxygen atoms in total. The Hall–Kier alpha value is -0.296. The predicted octanol–water partition coefficient (Wildman–Crippen LogP) is 3.66. The molecule has 1 N–H and O–H groups in total. The van der Waals surface area contributed by atoms with Crippen LogP contribution < -0.4 is 0 Å². The van der Waals surface area contributed by atoms with Crippen LogP contribution in [0.3, 0.4) is 0 Å². The van der Waals surface area contributed by atoms with Gasteiger partial charge in [0.15, 0.2) is 0 Å². The second-order valence-electron chi connectivity index (χ2n) is 6.12. The standard InChI is InChI=1S/C10H24O3Si2/c1-14(2,3)9-15(4,5)8-6-7-13-10(11)12/h6-9H2,1-5H3,(H,11,12). The summed E-state index contributed by atoms with van der Waals surface area (Å²) in [5.41, 5.74) is 1.41. The van der Waals surface area contributed by atoms with Crippen LogP contribution in [-0.4, -0.2) is 34.0 Å². The topological polar surface area (TPSA) is 46.5 Å². The van der Waals surface area contributed by atoms with Crippen LogP contribution in [0.5, 0.6) is 0 Å². The molecule has 0 atom stereocenters. The molecule has 90 valence electrons. The van der Waals surface area contributed by atoms with E-state index in [1.807, 2.05) is 0 Å². The molecular weight excluding hydrogens is 224 g/mol. The Kier molecular flexibility index (Phi) is 5.58. The van der Waals surface area contributed by atoms with Gasteiger partial charge < -0.3 is 9.84 Å². The molecule has 0 aromatic carbocycles. The van der Waals surface area contributed by atoms with E-state index in [0.717, 1.165) is 6.42 Å². The normalized spacial score (nSPS) is 12.6. The fourth-order valence-corrected chi connectivity index (χ4v) is 15.5. The minimum atomic E-state index is -1.15. The second kappa shape index (κ2) is 5.70. The SMILES string of the molecule is C[Si](C)(C)C[Si](C)(C)CCCOC(=O)O. The molecule has 0 spiro atoms. The Bertz CT molecular complexity index is 209. The molecule has 0 aliphatic rings. The zero-order valence-electron chi connectivity index (χ0n) is 10.6. The molecule has 0 saturated carbocycles. The molecule has 0 saturated heterocycles. The molecule has 5 heteroatoms. The summed E-state index contributed by atoms with van der Waals surface area (Å²) in [5, 5.41) is 8.33. The quantitative estimate of drug-likeness (QED) is 0.443. The lowest BCUT2D eigenvalue weighted by Gasteiger charge is -2.29. The molecule has 0 aliphatic heterocycles. The molecule has 0 bridgehead atoms. The second-order valence-corrected chi connectivity index (χ2v) is 17.5. The first-order valence-electron chi connectivity index (χ1n) is 5.48. The van der Waals surface area contributed by atoms with E-state index in [4.69, 9.17) is 5.11 Å². The van der Waals surface area contributed by atoms with E-state index in [2.05, 4.69) is 37.5 Å². The predicted molar refractivity (Wildman–Crippen MR) is 69.0 cm³/mol. The highest BCUT2D eigenvalue weighted by atomic mass is 28.4. The van der Waals surface area contributed by atoms with Crippen molar-refractivity contribution in [3.8, 4) is 0 Å². The average molecular weight is 248 g/mol. The van der Waals surface area contributed by atoms with E-state index in [1.54, 1.807) is 0 Å². The Labute approximate surface area is 94.9 Å². The highest BCUT2D eigenvalue weighted by molar-refractivity contribution is 6.94. The Balaban J connectivity index is 3.79. The van der Waals surface area contributed by atoms with Crippen molar-refractivity contribution < 1.29 is 14.6 Å². The maximum Gasteiger partial charge on any atom is 0.505 e. The van der Waals surface area contributed by atoms with Crippen LogP contribution in [0.1, 0.15) is 6.42 Å². The van der Waals surface area contributed by atoms with Gasteiger partial charge in [0.25, 0.3) is 0 Å². The minimum Gasteiger partial charge on any atom is -0.450 e. The van der Waals surface area contributed by atoms with Crippen molar-refractivity contribution in [3.05, 3.63) is 0 Å². The fourth-order valence-electron chi connectivity index (χ4n) is 2.23. The van der Waals surface area contributed by atoms with Gasteiger partial charge in [-0.25, -0.2) is 4.79 Å². The van der Waals surface area contributed by atoms with Crippen molar-refractivity contribution in [1.29, 1.82) is 0 Å². The molecule has 0 radical (unpaired) electrons. The minimum absolute atomic E-state index is 0.359. The summed E-state index contributed by atoms with van der Waals surface area (Å²) in [4.78, 5) is 10.1.